The molecule has 1 aliphatic heterocycles. The van der Waals surface area contributed by atoms with Crippen LogP contribution in [0.3, 0.4) is 0 Å². The second-order valence-corrected chi connectivity index (χ2v) is 7.00. The van der Waals surface area contributed by atoms with Crippen molar-refractivity contribution in [1.82, 2.24) is 10.2 Å². The lowest BCUT2D eigenvalue weighted by Crippen LogP contribution is -2.44. The molecule has 1 rings (SSSR count). The molecule has 0 aliphatic carbocycles. The summed E-state index contributed by atoms with van der Waals surface area (Å²) >= 11 is 0. The van der Waals surface area contributed by atoms with Gasteiger partial charge in [-0.15, -0.1) is 0 Å². The van der Waals surface area contributed by atoms with Gasteiger partial charge < -0.3 is 20.6 Å². The van der Waals surface area contributed by atoms with Crippen LogP contribution < -0.4 is 5.32 Å². The normalized spacial score (nSPS) is 28.5. The number of hydrogen-bond donors (Lipinski definition) is 4. The topological polar surface area (TPSA) is 93.0 Å². The summed E-state index contributed by atoms with van der Waals surface area (Å²) in [5.41, 5.74) is 0. The van der Waals surface area contributed by atoms with Gasteiger partial charge in [0.1, 0.15) is 0 Å². The Kier molecular flexibility index (Phi) is 9.06. The van der Waals surface area contributed by atoms with Crippen molar-refractivity contribution in [1.29, 1.82) is 0 Å². The molecule has 1 amide bonds. The van der Waals surface area contributed by atoms with Crippen LogP contribution in [0.5, 0.6) is 0 Å². The highest BCUT2D eigenvalue weighted by atomic mass is 16.3. The Bertz CT molecular complexity index is 351. The van der Waals surface area contributed by atoms with Gasteiger partial charge in [-0.3, -0.25) is 9.69 Å². The Balaban J connectivity index is 2.64. The number of nitrogens with zero attached hydrogens (tertiary/aromatic N) is 1. The van der Waals surface area contributed by atoms with Crippen molar-refractivity contribution in [3.63, 3.8) is 0 Å². The van der Waals surface area contributed by atoms with E-state index >= 15 is 0 Å². The molecule has 0 radical (unpaired) electrons. The van der Waals surface area contributed by atoms with Crippen molar-refractivity contribution in [2.75, 3.05) is 19.7 Å². The van der Waals surface area contributed by atoms with Crippen LogP contribution in [-0.2, 0) is 4.79 Å². The van der Waals surface area contributed by atoms with Gasteiger partial charge in [0.05, 0.1) is 24.9 Å². The van der Waals surface area contributed by atoms with Gasteiger partial charge in [-0.2, -0.15) is 0 Å². The lowest BCUT2D eigenvalue weighted by Gasteiger charge is -2.29. The van der Waals surface area contributed by atoms with E-state index in [1.807, 2.05) is 18.7 Å². The van der Waals surface area contributed by atoms with Crippen molar-refractivity contribution in [2.45, 2.75) is 77.2 Å². The van der Waals surface area contributed by atoms with E-state index in [0.717, 1.165) is 25.7 Å². The molecule has 23 heavy (non-hydrogen) atoms. The highest BCUT2D eigenvalue weighted by Gasteiger charge is 2.47. The molecule has 0 aromatic rings. The molecule has 6 nitrogen and oxygen atoms in total. The zero-order valence-corrected chi connectivity index (χ0v) is 14.7. The zero-order chi connectivity index (χ0) is 17.4. The number of likely N-dealkylation sites (tertiary alicyclic amines) is 1. The van der Waals surface area contributed by atoms with Crippen molar-refractivity contribution in [3.05, 3.63) is 0 Å². The van der Waals surface area contributed by atoms with E-state index in [4.69, 9.17) is 0 Å². The van der Waals surface area contributed by atoms with Crippen LogP contribution in [0, 0.1) is 5.92 Å². The second kappa shape index (κ2) is 10.2. The number of aliphatic hydroxyl groups is 3. The van der Waals surface area contributed by atoms with Crippen molar-refractivity contribution < 1.29 is 20.1 Å². The summed E-state index contributed by atoms with van der Waals surface area (Å²) in [4.78, 5) is 14.0. The van der Waals surface area contributed by atoms with Gasteiger partial charge in [-0.25, -0.2) is 0 Å². The van der Waals surface area contributed by atoms with Crippen LogP contribution in [0.2, 0.25) is 0 Å². The van der Waals surface area contributed by atoms with Gasteiger partial charge in [0, 0.05) is 19.0 Å². The SMILES string of the molecule is CCCCCCN1[C@H](CC(=O)NCC(C)C)[C@H](O)[C@H](O)[C@H]1CO. The van der Waals surface area contributed by atoms with E-state index in [9.17, 15) is 20.1 Å². The largest absolute Gasteiger partial charge is 0.395 e. The molecule has 0 unspecified atom stereocenters. The lowest BCUT2D eigenvalue weighted by molar-refractivity contribution is -0.123. The first-order chi connectivity index (χ1) is 10.9. The maximum absolute atomic E-state index is 12.1. The van der Waals surface area contributed by atoms with Gasteiger partial charge in [0.2, 0.25) is 5.91 Å². The van der Waals surface area contributed by atoms with E-state index in [1.165, 1.54) is 0 Å². The van der Waals surface area contributed by atoms with E-state index in [0.29, 0.717) is 19.0 Å². The number of aliphatic hydroxyl groups excluding tert-OH is 3. The Morgan fingerprint density at radius 1 is 1.13 bits per heavy atom. The van der Waals surface area contributed by atoms with Crippen molar-refractivity contribution >= 4 is 5.91 Å². The van der Waals surface area contributed by atoms with E-state index in [-0.39, 0.29) is 18.9 Å². The molecule has 0 aromatic carbocycles. The van der Waals surface area contributed by atoms with Crippen LogP contribution in [-0.4, -0.2) is 70.1 Å². The Morgan fingerprint density at radius 3 is 2.35 bits per heavy atom. The van der Waals surface area contributed by atoms with E-state index < -0.39 is 24.3 Å². The van der Waals surface area contributed by atoms with Crippen molar-refractivity contribution in [2.24, 2.45) is 5.92 Å². The van der Waals surface area contributed by atoms with Crippen LogP contribution >= 0.6 is 0 Å². The predicted octanol–water partition coefficient (Wildman–Crippen LogP) is 0.496. The summed E-state index contributed by atoms with van der Waals surface area (Å²) in [6, 6.07) is -0.925. The third-order valence-corrected chi connectivity index (χ3v) is 4.55. The average molecular weight is 330 g/mol. The molecule has 1 saturated heterocycles. The van der Waals surface area contributed by atoms with Gasteiger partial charge in [0.25, 0.3) is 0 Å². The van der Waals surface area contributed by atoms with Gasteiger partial charge >= 0.3 is 0 Å². The minimum atomic E-state index is -1.01. The highest BCUT2D eigenvalue weighted by Crippen LogP contribution is 2.28. The number of nitrogens with one attached hydrogen (secondary N) is 1. The first-order valence-electron chi connectivity index (χ1n) is 8.91. The smallest absolute Gasteiger partial charge is 0.221 e. The van der Waals surface area contributed by atoms with Gasteiger partial charge in [0.15, 0.2) is 0 Å². The molecule has 1 heterocycles. The molecule has 6 heteroatoms. The third-order valence-electron chi connectivity index (χ3n) is 4.55. The fourth-order valence-corrected chi connectivity index (χ4v) is 3.18. The number of carbonyl (C=O) groups excluding carboxylic acids is 1. The predicted molar refractivity (Wildman–Crippen MR) is 90.0 cm³/mol. The Hall–Kier alpha value is -0.690. The molecular formula is C17H34N2O4. The minimum absolute atomic E-state index is 0.118. The number of hydrogen-bond acceptors (Lipinski definition) is 5. The first-order valence-corrected chi connectivity index (χ1v) is 8.91. The average Bonchev–Trinajstić information content (AvgIpc) is 2.73. The molecule has 0 saturated carbocycles. The quantitative estimate of drug-likeness (QED) is 0.438. The number of carbonyl (C=O) groups is 1. The summed E-state index contributed by atoms with van der Waals surface area (Å²) in [6.45, 7) is 7.26. The molecule has 1 aliphatic rings. The molecular weight excluding hydrogens is 296 g/mol. The maximum Gasteiger partial charge on any atom is 0.221 e. The first kappa shape index (κ1) is 20.4. The second-order valence-electron chi connectivity index (χ2n) is 7.00. The molecule has 4 N–H and O–H groups in total. The fourth-order valence-electron chi connectivity index (χ4n) is 3.18. The highest BCUT2D eigenvalue weighted by molar-refractivity contribution is 5.76. The van der Waals surface area contributed by atoms with Crippen molar-refractivity contribution in [3.8, 4) is 0 Å². The molecule has 4 atom stereocenters. The van der Waals surface area contributed by atoms with Crippen LogP contribution in [0.1, 0.15) is 52.9 Å². The number of unbranched alkanes of at least 4 members (excludes halogenated alkanes) is 3. The van der Waals surface area contributed by atoms with Crippen LogP contribution in [0.4, 0.5) is 0 Å². The van der Waals surface area contributed by atoms with Gasteiger partial charge in [-0.1, -0.05) is 40.0 Å². The summed E-state index contributed by atoms with van der Waals surface area (Å²) in [5.74, 6) is 0.250. The number of amides is 1. The summed E-state index contributed by atoms with van der Waals surface area (Å²) in [7, 11) is 0. The Morgan fingerprint density at radius 2 is 1.78 bits per heavy atom. The standard InChI is InChI=1S/C17H34N2O4/c1-4-5-6-7-8-19-13(9-15(21)18-10-12(2)3)16(22)17(23)14(19)11-20/h12-14,16-17,20,22-23H,4-11H2,1-3H3,(H,18,21)/t13-,14-,16+,17-/m1/s1. The number of rotatable bonds is 10. The summed E-state index contributed by atoms with van der Waals surface area (Å²) < 4.78 is 0. The third kappa shape index (κ3) is 6.03. The molecule has 136 valence electrons. The molecule has 0 bridgehead atoms. The molecule has 0 spiro atoms. The Labute approximate surface area is 139 Å². The maximum atomic E-state index is 12.1. The molecule has 1 fully saturated rings. The molecule has 0 aromatic heterocycles. The van der Waals surface area contributed by atoms with Gasteiger partial charge in [-0.05, 0) is 18.9 Å². The fraction of sp³-hybridized carbons (Fsp3) is 0.941. The zero-order valence-electron chi connectivity index (χ0n) is 14.7. The van der Waals surface area contributed by atoms with Crippen LogP contribution in [0.15, 0.2) is 0 Å². The summed E-state index contributed by atoms with van der Waals surface area (Å²) in [6.07, 6.45) is 2.43. The monoisotopic (exact) mass is 330 g/mol. The van der Waals surface area contributed by atoms with E-state index in [1.54, 1.807) is 0 Å². The van der Waals surface area contributed by atoms with Crippen LogP contribution in [0.25, 0.3) is 0 Å². The van der Waals surface area contributed by atoms with E-state index in [2.05, 4.69) is 12.2 Å². The lowest BCUT2D eigenvalue weighted by atomic mass is 10.1. The minimum Gasteiger partial charge on any atom is -0.395 e. The summed E-state index contributed by atoms with van der Waals surface area (Å²) in [5, 5.41) is 32.8.